The van der Waals surface area contributed by atoms with E-state index in [1.807, 2.05) is 31.2 Å². The van der Waals surface area contributed by atoms with E-state index in [9.17, 15) is 4.79 Å². The molecule has 0 bridgehead atoms. The van der Waals surface area contributed by atoms with Gasteiger partial charge in [-0.25, -0.2) is 0 Å². The molecule has 110 valence electrons. The maximum atomic E-state index is 12.2. The molecule has 20 heavy (non-hydrogen) atoms. The molecule has 5 heteroatoms. The summed E-state index contributed by atoms with van der Waals surface area (Å²) in [5.74, 6) is -0.0753. The molecule has 0 saturated carbocycles. The number of hydrogen-bond acceptors (Lipinski definition) is 3. The maximum absolute atomic E-state index is 12.2. The van der Waals surface area contributed by atoms with Gasteiger partial charge in [-0.05, 0) is 18.1 Å². The molecule has 1 aliphatic heterocycles. The Balaban J connectivity index is 1.91. The first-order valence-corrected chi connectivity index (χ1v) is 7.27. The van der Waals surface area contributed by atoms with E-state index in [-0.39, 0.29) is 24.0 Å². The third-order valence-corrected chi connectivity index (χ3v) is 4.09. The van der Waals surface area contributed by atoms with Gasteiger partial charge in [0.2, 0.25) is 5.91 Å². The Bertz CT molecular complexity index is 467. The van der Waals surface area contributed by atoms with Crippen LogP contribution in [0.1, 0.15) is 12.5 Å². The summed E-state index contributed by atoms with van der Waals surface area (Å²) in [6.45, 7) is 3.45. The number of ether oxygens (including phenoxy) is 1. The zero-order chi connectivity index (χ0) is 14.5. The molecule has 0 spiro atoms. The fourth-order valence-electron chi connectivity index (χ4n) is 2.46. The Kier molecular flexibility index (Phi) is 5.40. The summed E-state index contributed by atoms with van der Waals surface area (Å²) in [5, 5.41) is 6.98. The third-order valence-electron chi connectivity index (χ3n) is 3.72. The Morgan fingerprint density at radius 2 is 2.25 bits per heavy atom. The minimum Gasteiger partial charge on any atom is -0.378 e. The van der Waals surface area contributed by atoms with Crippen molar-refractivity contribution in [1.29, 1.82) is 0 Å². The van der Waals surface area contributed by atoms with Gasteiger partial charge in [-0.1, -0.05) is 36.7 Å². The van der Waals surface area contributed by atoms with Gasteiger partial charge in [0.05, 0.1) is 12.1 Å². The van der Waals surface area contributed by atoms with Crippen molar-refractivity contribution in [3.8, 4) is 0 Å². The summed E-state index contributed by atoms with van der Waals surface area (Å²) in [4.78, 5) is 12.2. The van der Waals surface area contributed by atoms with Crippen LogP contribution in [0.2, 0.25) is 5.02 Å². The van der Waals surface area contributed by atoms with E-state index in [4.69, 9.17) is 16.3 Å². The second kappa shape index (κ2) is 7.07. The van der Waals surface area contributed by atoms with Crippen molar-refractivity contribution >= 4 is 17.5 Å². The lowest BCUT2D eigenvalue weighted by atomic mass is 10.00. The molecule has 0 radical (unpaired) electrons. The van der Waals surface area contributed by atoms with Crippen molar-refractivity contribution in [3.63, 3.8) is 0 Å². The Labute approximate surface area is 124 Å². The second-order valence-corrected chi connectivity index (χ2v) is 5.65. The number of halogens is 1. The lowest BCUT2D eigenvalue weighted by Crippen LogP contribution is -2.45. The highest BCUT2D eigenvalue weighted by Crippen LogP contribution is 2.19. The van der Waals surface area contributed by atoms with Crippen molar-refractivity contribution < 1.29 is 9.53 Å². The van der Waals surface area contributed by atoms with Gasteiger partial charge in [0.1, 0.15) is 0 Å². The van der Waals surface area contributed by atoms with Crippen LogP contribution in [0.5, 0.6) is 0 Å². The fraction of sp³-hybridized carbons (Fsp3) is 0.533. The minimum absolute atomic E-state index is 0.0423. The highest BCUT2D eigenvalue weighted by molar-refractivity contribution is 6.31. The van der Waals surface area contributed by atoms with Crippen LogP contribution in [0, 0.1) is 5.92 Å². The molecule has 1 saturated heterocycles. The topological polar surface area (TPSA) is 50.4 Å². The molecular formula is C15H21ClN2O2. The molecule has 1 heterocycles. The Hall–Kier alpha value is -1.10. The molecule has 1 aromatic carbocycles. The first kappa shape index (κ1) is 15.3. The van der Waals surface area contributed by atoms with Crippen molar-refractivity contribution in [2.75, 3.05) is 20.2 Å². The standard InChI is InChI=1S/C15H21ClN2O2/c1-10(7-11-5-3-4-6-12(11)16)15(19)18-13-8-17-9-14(13)20-2/h3-6,10,13-14,17H,7-9H2,1-2H3,(H,18,19). The van der Waals surface area contributed by atoms with Gasteiger partial charge in [-0.15, -0.1) is 0 Å². The molecule has 1 aliphatic rings. The van der Waals surface area contributed by atoms with E-state index in [1.165, 1.54) is 0 Å². The summed E-state index contributed by atoms with van der Waals surface area (Å²) >= 11 is 6.13. The number of carbonyl (C=O) groups is 1. The molecule has 2 rings (SSSR count). The summed E-state index contributed by atoms with van der Waals surface area (Å²) < 4.78 is 5.34. The van der Waals surface area contributed by atoms with E-state index < -0.39 is 0 Å². The quantitative estimate of drug-likeness (QED) is 0.868. The van der Waals surface area contributed by atoms with Gasteiger partial charge in [0, 0.05) is 31.1 Å². The van der Waals surface area contributed by atoms with E-state index in [0.29, 0.717) is 11.4 Å². The molecule has 3 atom stereocenters. The molecule has 4 nitrogen and oxygen atoms in total. The number of methoxy groups -OCH3 is 1. The van der Waals surface area contributed by atoms with Crippen molar-refractivity contribution in [3.05, 3.63) is 34.9 Å². The zero-order valence-electron chi connectivity index (χ0n) is 11.9. The Morgan fingerprint density at radius 1 is 1.50 bits per heavy atom. The summed E-state index contributed by atoms with van der Waals surface area (Å²) in [7, 11) is 1.67. The van der Waals surface area contributed by atoms with Crippen molar-refractivity contribution in [2.45, 2.75) is 25.5 Å². The third kappa shape index (κ3) is 3.72. The number of nitrogens with one attached hydrogen (secondary N) is 2. The van der Waals surface area contributed by atoms with Gasteiger partial charge in [-0.3, -0.25) is 4.79 Å². The molecular weight excluding hydrogens is 276 g/mol. The molecule has 1 fully saturated rings. The summed E-state index contributed by atoms with van der Waals surface area (Å²) in [6, 6.07) is 7.68. The molecule has 0 aromatic heterocycles. The average Bonchev–Trinajstić information content (AvgIpc) is 2.88. The van der Waals surface area contributed by atoms with Crippen LogP contribution >= 0.6 is 11.6 Å². The summed E-state index contributed by atoms with van der Waals surface area (Å²) in [5.41, 5.74) is 1.00. The Morgan fingerprint density at radius 3 is 2.95 bits per heavy atom. The predicted molar refractivity (Wildman–Crippen MR) is 79.9 cm³/mol. The minimum atomic E-state index is -0.118. The van der Waals surface area contributed by atoms with Crippen LogP contribution in [0.3, 0.4) is 0 Å². The van der Waals surface area contributed by atoms with E-state index >= 15 is 0 Å². The molecule has 2 N–H and O–H groups in total. The molecule has 3 unspecified atom stereocenters. The smallest absolute Gasteiger partial charge is 0.223 e. The lowest BCUT2D eigenvalue weighted by molar-refractivity contribution is -0.125. The fourth-order valence-corrected chi connectivity index (χ4v) is 2.67. The highest BCUT2D eigenvalue weighted by atomic mass is 35.5. The van der Waals surface area contributed by atoms with E-state index in [1.54, 1.807) is 7.11 Å². The number of amides is 1. The van der Waals surface area contributed by atoms with Crippen molar-refractivity contribution in [1.82, 2.24) is 10.6 Å². The van der Waals surface area contributed by atoms with E-state index in [0.717, 1.165) is 18.7 Å². The normalized spacial score (nSPS) is 23.6. The number of benzene rings is 1. The van der Waals surface area contributed by atoms with Gasteiger partial charge in [-0.2, -0.15) is 0 Å². The zero-order valence-corrected chi connectivity index (χ0v) is 12.6. The lowest BCUT2D eigenvalue weighted by Gasteiger charge is -2.21. The molecule has 0 aliphatic carbocycles. The largest absolute Gasteiger partial charge is 0.378 e. The molecule has 1 aromatic rings. The highest BCUT2D eigenvalue weighted by Gasteiger charge is 2.29. The maximum Gasteiger partial charge on any atom is 0.223 e. The number of carbonyl (C=O) groups excluding carboxylic acids is 1. The summed E-state index contributed by atoms with van der Waals surface area (Å²) in [6.07, 6.45) is 0.690. The molecule has 1 amide bonds. The van der Waals surface area contributed by atoms with E-state index in [2.05, 4.69) is 10.6 Å². The second-order valence-electron chi connectivity index (χ2n) is 5.24. The average molecular weight is 297 g/mol. The van der Waals surface area contributed by atoms with Gasteiger partial charge in [0.15, 0.2) is 0 Å². The van der Waals surface area contributed by atoms with Crippen LogP contribution in [0.15, 0.2) is 24.3 Å². The predicted octanol–water partition coefficient (Wildman–Crippen LogP) is 1.62. The van der Waals surface area contributed by atoms with Crippen LogP contribution in [0.4, 0.5) is 0 Å². The van der Waals surface area contributed by atoms with Gasteiger partial charge >= 0.3 is 0 Å². The first-order chi connectivity index (χ1) is 9.61. The SMILES string of the molecule is COC1CNCC1NC(=O)C(C)Cc1ccccc1Cl. The first-order valence-electron chi connectivity index (χ1n) is 6.89. The van der Waals surface area contributed by atoms with Gasteiger partial charge < -0.3 is 15.4 Å². The van der Waals surface area contributed by atoms with Gasteiger partial charge in [0.25, 0.3) is 0 Å². The number of hydrogen-bond donors (Lipinski definition) is 2. The van der Waals surface area contributed by atoms with Crippen LogP contribution < -0.4 is 10.6 Å². The van der Waals surface area contributed by atoms with Crippen molar-refractivity contribution in [2.24, 2.45) is 5.92 Å². The monoisotopic (exact) mass is 296 g/mol. The van der Waals surface area contributed by atoms with Crippen LogP contribution in [-0.4, -0.2) is 38.3 Å². The van der Waals surface area contributed by atoms with Crippen LogP contribution in [0.25, 0.3) is 0 Å². The number of rotatable bonds is 5. The van der Waals surface area contributed by atoms with Crippen LogP contribution in [-0.2, 0) is 16.0 Å².